The summed E-state index contributed by atoms with van der Waals surface area (Å²) in [4.78, 5) is 22.7. The van der Waals surface area contributed by atoms with Crippen LogP contribution >= 0.6 is 0 Å². The predicted octanol–water partition coefficient (Wildman–Crippen LogP) is 0.280. The van der Waals surface area contributed by atoms with Gasteiger partial charge in [-0.1, -0.05) is 13.8 Å². The van der Waals surface area contributed by atoms with E-state index in [0.29, 0.717) is 32.7 Å². The molecule has 0 aromatic rings. The number of nitrogens with zero attached hydrogens (tertiary/aromatic N) is 1. The van der Waals surface area contributed by atoms with E-state index < -0.39 is 11.9 Å². The molecule has 3 N–H and O–H groups in total. The number of aliphatic carboxylic acids is 1. The highest BCUT2D eigenvalue weighted by Crippen LogP contribution is 2.10. The Morgan fingerprint density at radius 1 is 1.32 bits per heavy atom. The average Bonchev–Trinajstić information content (AvgIpc) is 2.35. The Hall–Kier alpha value is -1.34. The van der Waals surface area contributed by atoms with Crippen molar-refractivity contribution < 1.29 is 19.4 Å². The molecule has 19 heavy (non-hydrogen) atoms. The van der Waals surface area contributed by atoms with Crippen LogP contribution in [-0.4, -0.2) is 55.0 Å². The van der Waals surface area contributed by atoms with E-state index >= 15 is 0 Å². The van der Waals surface area contributed by atoms with Gasteiger partial charge in [0.1, 0.15) is 0 Å². The molecule has 110 valence electrons. The van der Waals surface area contributed by atoms with Gasteiger partial charge in [-0.05, 0) is 12.3 Å². The van der Waals surface area contributed by atoms with E-state index in [1.807, 2.05) is 13.8 Å². The number of carbonyl (C=O) groups excluding carboxylic acids is 1. The van der Waals surface area contributed by atoms with Gasteiger partial charge in [0.05, 0.1) is 19.1 Å². The number of nitrogens with one attached hydrogen (secondary N) is 2. The molecule has 1 fully saturated rings. The first kappa shape index (κ1) is 15.7. The molecule has 7 heteroatoms. The van der Waals surface area contributed by atoms with Crippen molar-refractivity contribution in [3.8, 4) is 0 Å². The van der Waals surface area contributed by atoms with Crippen molar-refractivity contribution in [3.05, 3.63) is 0 Å². The number of amides is 2. The molecule has 1 heterocycles. The third-order valence-corrected chi connectivity index (χ3v) is 2.88. The molecule has 1 saturated heterocycles. The zero-order valence-corrected chi connectivity index (χ0v) is 11.5. The first-order valence-corrected chi connectivity index (χ1v) is 6.59. The van der Waals surface area contributed by atoms with Gasteiger partial charge in [0.2, 0.25) is 0 Å². The van der Waals surface area contributed by atoms with E-state index in [9.17, 15) is 9.59 Å². The highest BCUT2D eigenvalue weighted by Gasteiger charge is 2.20. The zero-order chi connectivity index (χ0) is 14.3. The van der Waals surface area contributed by atoms with Crippen molar-refractivity contribution in [3.63, 3.8) is 0 Å². The van der Waals surface area contributed by atoms with Gasteiger partial charge in [0, 0.05) is 19.6 Å². The molecular weight excluding hydrogens is 250 g/mol. The monoisotopic (exact) mass is 273 g/mol. The first-order chi connectivity index (χ1) is 8.99. The number of morpholine rings is 1. The lowest BCUT2D eigenvalue weighted by Gasteiger charge is -2.27. The fourth-order valence-electron chi connectivity index (χ4n) is 1.91. The second-order valence-corrected chi connectivity index (χ2v) is 5.09. The molecule has 1 aliphatic rings. The van der Waals surface area contributed by atoms with E-state index in [0.717, 1.165) is 0 Å². The van der Waals surface area contributed by atoms with Crippen LogP contribution in [-0.2, 0) is 9.53 Å². The Morgan fingerprint density at radius 3 is 2.47 bits per heavy atom. The Bertz CT molecular complexity index is 303. The minimum Gasteiger partial charge on any atom is -0.481 e. The average molecular weight is 273 g/mol. The highest BCUT2D eigenvalue weighted by atomic mass is 16.5. The number of carboxylic acid groups (broad SMARTS) is 1. The van der Waals surface area contributed by atoms with Crippen LogP contribution < -0.4 is 10.7 Å². The Kier molecular flexibility index (Phi) is 6.58. The molecule has 0 radical (unpaired) electrons. The lowest BCUT2D eigenvalue weighted by atomic mass is 9.97. The maximum atomic E-state index is 11.6. The summed E-state index contributed by atoms with van der Waals surface area (Å²) >= 11 is 0. The molecule has 0 aromatic heterocycles. The number of rotatable bonds is 6. The molecule has 1 atom stereocenters. The summed E-state index contributed by atoms with van der Waals surface area (Å²) in [7, 11) is 0. The summed E-state index contributed by atoms with van der Waals surface area (Å²) in [6.07, 6.45) is 0.549. The predicted molar refractivity (Wildman–Crippen MR) is 69.5 cm³/mol. The lowest BCUT2D eigenvalue weighted by Crippen LogP contribution is -2.52. The SMILES string of the molecule is CC(C)CC(CNC(=O)NN1CCOCC1)C(=O)O. The van der Waals surface area contributed by atoms with Crippen LogP contribution in [0.3, 0.4) is 0 Å². The van der Waals surface area contributed by atoms with Crippen LogP contribution in [0.5, 0.6) is 0 Å². The molecule has 0 aliphatic carbocycles. The van der Waals surface area contributed by atoms with Crippen molar-refractivity contribution in [1.29, 1.82) is 0 Å². The largest absolute Gasteiger partial charge is 0.481 e. The molecule has 1 aliphatic heterocycles. The minimum absolute atomic E-state index is 0.143. The van der Waals surface area contributed by atoms with Crippen LogP contribution in [0, 0.1) is 11.8 Å². The quantitative estimate of drug-likeness (QED) is 0.646. The molecular formula is C12H23N3O4. The van der Waals surface area contributed by atoms with Crippen molar-refractivity contribution in [2.75, 3.05) is 32.8 Å². The van der Waals surface area contributed by atoms with Crippen molar-refractivity contribution in [1.82, 2.24) is 15.8 Å². The fourth-order valence-corrected chi connectivity index (χ4v) is 1.91. The second kappa shape index (κ2) is 7.96. The highest BCUT2D eigenvalue weighted by molar-refractivity contribution is 5.75. The molecule has 7 nitrogen and oxygen atoms in total. The molecule has 1 rings (SSSR count). The number of hydrazine groups is 1. The minimum atomic E-state index is -0.875. The third kappa shape index (κ3) is 6.40. The Labute approximate surface area is 113 Å². The standard InChI is InChI=1S/C12H23N3O4/c1-9(2)7-10(11(16)17)8-13-12(18)14-15-3-5-19-6-4-15/h9-10H,3-8H2,1-2H3,(H,16,17)(H2,13,14,18). The number of carboxylic acids is 1. The summed E-state index contributed by atoms with van der Waals surface area (Å²) in [5.74, 6) is -1.14. The number of ether oxygens (including phenoxy) is 1. The molecule has 0 aromatic carbocycles. The number of carbonyl (C=O) groups is 2. The van der Waals surface area contributed by atoms with Crippen molar-refractivity contribution in [2.24, 2.45) is 11.8 Å². The van der Waals surface area contributed by atoms with Gasteiger partial charge < -0.3 is 15.2 Å². The Morgan fingerprint density at radius 2 is 1.95 bits per heavy atom. The van der Waals surface area contributed by atoms with E-state index in [-0.39, 0.29) is 18.5 Å². The van der Waals surface area contributed by atoms with Gasteiger partial charge in [-0.3, -0.25) is 10.2 Å². The lowest BCUT2D eigenvalue weighted by molar-refractivity contribution is -0.142. The van der Waals surface area contributed by atoms with E-state index in [2.05, 4.69) is 10.7 Å². The summed E-state index contributed by atoms with van der Waals surface area (Å²) < 4.78 is 5.16. The molecule has 2 amide bonds. The number of urea groups is 1. The van der Waals surface area contributed by atoms with Crippen LogP contribution in [0.2, 0.25) is 0 Å². The van der Waals surface area contributed by atoms with Gasteiger partial charge in [0.25, 0.3) is 0 Å². The van der Waals surface area contributed by atoms with Gasteiger partial charge in [-0.25, -0.2) is 9.80 Å². The third-order valence-electron chi connectivity index (χ3n) is 2.88. The van der Waals surface area contributed by atoms with Crippen molar-refractivity contribution in [2.45, 2.75) is 20.3 Å². The van der Waals surface area contributed by atoms with Crippen LogP contribution in [0.15, 0.2) is 0 Å². The summed E-state index contributed by atoms with van der Waals surface area (Å²) in [6, 6.07) is -0.364. The van der Waals surface area contributed by atoms with E-state index in [1.54, 1.807) is 5.01 Å². The molecule has 0 saturated carbocycles. The molecule has 0 bridgehead atoms. The van der Waals surface area contributed by atoms with E-state index in [1.165, 1.54) is 0 Å². The van der Waals surface area contributed by atoms with Crippen LogP contribution in [0.1, 0.15) is 20.3 Å². The summed E-state index contributed by atoms with van der Waals surface area (Å²) in [6.45, 7) is 6.53. The van der Waals surface area contributed by atoms with Gasteiger partial charge in [0.15, 0.2) is 0 Å². The number of hydrogen-bond acceptors (Lipinski definition) is 4. The smallest absolute Gasteiger partial charge is 0.329 e. The summed E-state index contributed by atoms with van der Waals surface area (Å²) in [5, 5.41) is 13.4. The topological polar surface area (TPSA) is 90.9 Å². The summed E-state index contributed by atoms with van der Waals surface area (Å²) in [5.41, 5.74) is 2.68. The zero-order valence-electron chi connectivity index (χ0n) is 11.5. The molecule has 1 unspecified atom stereocenters. The second-order valence-electron chi connectivity index (χ2n) is 5.09. The maximum Gasteiger partial charge on any atom is 0.329 e. The van der Waals surface area contributed by atoms with Gasteiger partial charge in [-0.2, -0.15) is 0 Å². The maximum absolute atomic E-state index is 11.6. The fraction of sp³-hybridized carbons (Fsp3) is 0.833. The normalized spacial score (nSPS) is 18.1. The van der Waals surface area contributed by atoms with Crippen molar-refractivity contribution >= 4 is 12.0 Å². The van der Waals surface area contributed by atoms with Gasteiger partial charge >= 0.3 is 12.0 Å². The van der Waals surface area contributed by atoms with E-state index in [4.69, 9.17) is 9.84 Å². The Balaban J connectivity index is 2.28. The first-order valence-electron chi connectivity index (χ1n) is 6.59. The van der Waals surface area contributed by atoms with Crippen LogP contribution in [0.25, 0.3) is 0 Å². The van der Waals surface area contributed by atoms with Crippen LogP contribution in [0.4, 0.5) is 4.79 Å². The number of hydrogen-bond donors (Lipinski definition) is 3. The van der Waals surface area contributed by atoms with Gasteiger partial charge in [-0.15, -0.1) is 0 Å². The molecule has 0 spiro atoms.